The molecule has 3 aromatic rings. The van der Waals surface area contributed by atoms with Crippen molar-refractivity contribution in [3.05, 3.63) is 83.4 Å². The molecule has 1 saturated heterocycles. The predicted octanol–water partition coefficient (Wildman–Crippen LogP) is 5.12. The van der Waals surface area contributed by atoms with Gasteiger partial charge in [0.1, 0.15) is 17.5 Å². The first-order valence-electron chi connectivity index (χ1n) is 10.6. The zero-order valence-corrected chi connectivity index (χ0v) is 17.5. The minimum atomic E-state index is -0.777. The molecule has 6 heteroatoms. The van der Waals surface area contributed by atoms with Gasteiger partial charge in [0.25, 0.3) is 0 Å². The molecule has 0 aliphatic carbocycles. The van der Waals surface area contributed by atoms with Gasteiger partial charge in [-0.05, 0) is 66.6 Å². The molecule has 0 unspecified atom stereocenters. The van der Waals surface area contributed by atoms with Gasteiger partial charge in [-0.3, -0.25) is 4.98 Å². The molecule has 0 amide bonds. The third kappa shape index (κ3) is 4.74. The predicted molar refractivity (Wildman–Crippen MR) is 117 cm³/mol. The summed E-state index contributed by atoms with van der Waals surface area (Å²) in [5, 5.41) is 0. The maximum Gasteiger partial charge on any atom is 0.134 e. The van der Waals surface area contributed by atoms with Crippen LogP contribution in [0.5, 0.6) is 0 Å². The van der Waals surface area contributed by atoms with Gasteiger partial charge in [0.15, 0.2) is 0 Å². The quantitative estimate of drug-likeness (QED) is 0.617. The maximum absolute atomic E-state index is 14.4. The van der Waals surface area contributed by atoms with Gasteiger partial charge >= 0.3 is 0 Å². The van der Waals surface area contributed by atoms with Gasteiger partial charge in [0.2, 0.25) is 0 Å². The first kappa shape index (κ1) is 21.4. The molecule has 0 radical (unpaired) electrons. The highest BCUT2D eigenvalue weighted by Crippen LogP contribution is 2.30. The summed E-state index contributed by atoms with van der Waals surface area (Å²) in [6.45, 7) is 3.95. The molecule has 2 atom stereocenters. The Morgan fingerprint density at radius 2 is 1.77 bits per heavy atom. The van der Waals surface area contributed by atoms with Crippen molar-refractivity contribution in [3.8, 4) is 11.1 Å². The van der Waals surface area contributed by atoms with E-state index in [2.05, 4.69) is 16.8 Å². The van der Waals surface area contributed by atoms with Crippen molar-refractivity contribution in [1.82, 2.24) is 4.98 Å². The van der Waals surface area contributed by atoms with Crippen molar-refractivity contribution in [3.63, 3.8) is 0 Å². The lowest BCUT2D eigenvalue weighted by Crippen LogP contribution is -2.46. The van der Waals surface area contributed by atoms with Crippen LogP contribution in [-0.2, 0) is 12.8 Å². The van der Waals surface area contributed by atoms with Crippen LogP contribution in [0.2, 0.25) is 0 Å². The number of hydrogen-bond donors (Lipinski definition) is 1. The second-order valence-electron chi connectivity index (χ2n) is 8.42. The second kappa shape index (κ2) is 9.10. The lowest BCUT2D eigenvalue weighted by Gasteiger charge is -2.37. The van der Waals surface area contributed by atoms with Gasteiger partial charge in [0, 0.05) is 42.8 Å². The zero-order valence-electron chi connectivity index (χ0n) is 17.5. The zero-order chi connectivity index (χ0) is 22.0. The largest absolute Gasteiger partial charge is 0.369 e. The van der Waals surface area contributed by atoms with Crippen LogP contribution in [-0.4, -0.2) is 24.1 Å². The van der Waals surface area contributed by atoms with Crippen LogP contribution in [0.4, 0.5) is 18.9 Å². The van der Waals surface area contributed by atoms with E-state index in [0.717, 1.165) is 48.5 Å². The number of nitrogens with two attached hydrogens (primary N) is 1. The molecule has 0 spiro atoms. The van der Waals surface area contributed by atoms with Gasteiger partial charge in [-0.15, -0.1) is 0 Å². The molecule has 2 heterocycles. The third-order valence-electron chi connectivity index (χ3n) is 5.86. The number of nitrogens with zero attached hydrogens (tertiary/aromatic N) is 2. The van der Waals surface area contributed by atoms with E-state index in [1.54, 1.807) is 12.3 Å². The Labute approximate surface area is 180 Å². The van der Waals surface area contributed by atoms with E-state index < -0.39 is 17.5 Å². The average Bonchev–Trinajstić information content (AvgIpc) is 2.73. The number of piperidine rings is 1. The topological polar surface area (TPSA) is 42.1 Å². The van der Waals surface area contributed by atoms with Crippen molar-refractivity contribution in [2.75, 3.05) is 18.0 Å². The normalized spacial score (nSPS) is 18.9. The van der Waals surface area contributed by atoms with Gasteiger partial charge in [-0.1, -0.05) is 19.1 Å². The molecular weight excluding hydrogens is 399 g/mol. The van der Waals surface area contributed by atoms with Gasteiger partial charge < -0.3 is 10.6 Å². The van der Waals surface area contributed by atoms with Crippen LogP contribution >= 0.6 is 0 Å². The number of pyridine rings is 1. The van der Waals surface area contributed by atoms with Gasteiger partial charge in [-0.2, -0.15) is 0 Å². The molecule has 1 aromatic heterocycles. The number of hydrogen-bond acceptors (Lipinski definition) is 3. The van der Waals surface area contributed by atoms with E-state index >= 15 is 0 Å². The molecule has 1 aliphatic rings. The monoisotopic (exact) mass is 425 g/mol. The summed E-state index contributed by atoms with van der Waals surface area (Å²) in [7, 11) is 0. The summed E-state index contributed by atoms with van der Waals surface area (Å²) in [6, 6.07) is 10.1. The number of rotatable bonds is 5. The fraction of sp³-hybridized carbons (Fsp3) is 0.320. The van der Waals surface area contributed by atoms with Crippen LogP contribution < -0.4 is 10.6 Å². The number of anilines is 1. The fourth-order valence-electron chi connectivity index (χ4n) is 4.47. The standard InChI is InChI=1S/C25H26F3N3/c1-16-11-19(29)15-31(14-16)24-9-10-30-13-18(24)7-5-17-6-8-21(26)20(12-17)25-22(27)3-2-4-23(25)28/h2-4,6,8-10,12-13,16,19H,5,7,11,14-15,29H2,1H3/t16-,19+/m1/s1. The minimum Gasteiger partial charge on any atom is -0.369 e. The molecule has 31 heavy (non-hydrogen) atoms. The molecule has 3 nitrogen and oxygen atoms in total. The summed E-state index contributed by atoms with van der Waals surface area (Å²) >= 11 is 0. The molecule has 2 N–H and O–H groups in total. The Morgan fingerprint density at radius 1 is 1.00 bits per heavy atom. The van der Waals surface area contributed by atoms with Crippen LogP contribution in [0.3, 0.4) is 0 Å². The molecule has 1 fully saturated rings. The Morgan fingerprint density at radius 3 is 2.52 bits per heavy atom. The first-order valence-corrected chi connectivity index (χ1v) is 10.6. The Hall–Kier alpha value is -2.86. The summed E-state index contributed by atoms with van der Waals surface area (Å²) < 4.78 is 42.8. The van der Waals surface area contributed by atoms with Crippen LogP contribution in [0.1, 0.15) is 24.5 Å². The maximum atomic E-state index is 14.4. The lowest BCUT2D eigenvalue weighted by molar-refractivity contribution is 0.401. The minimum absolute atomic E-state index is 0.0599. The van der Waals surface area contributed by atoms with Crippen molar-refractivity contribution in [2.24, 2.45) is 11.7 Å². The van der Waals surface area contributed by atoms with E-state index in [1.807, 2.05) is 12.3 Å². The Bertz CT molecular complexity index is 1040. The van der Waals surface area contributed by atoms with Gasteiger partial charge in [0.05, 0.1) is 5.56 Å². The number of halogens is 3. The smallest absolute Gasteiger partial charge is 0.134 e. The summed E-state index contributed by atoms with van der Waals surface area (Å²) in [5.74, 6) is -1.69. The van der Waals surface area contributed by atoms with Crippen molar-refractivity contribution < 1.29 is 13.2 Å². The summed E-state index contributed by atoms with van der Waals surface area (Å²) in [6.07, 6.45) is 5.91. The fourth-order valence-corrected chi connectivity index (χ4v) is 4.47. The van der Waals surface area contributed by atoms with Crippen LogP contribution in [0.15, 0.2) is 54.9 Å². The number of benzene rings is 2. The van der Waals surface area contributed by atoms with Crippen molar-refractivity contribution >= 4 is 5.69 Å². The van der Waals surface area contributed by atoms with Crippen LogP contribution in [0, 0.1) is 23.4 Å². The molecule has 1 aliphatic heterocycles. The SMILES string of the molecule is C[C@@H]1C[C@H](N)CN(c2ccncc2CCc2ccc(F)c(-c3c(F)cccc3F)c2)C1. The summed E-state index contributed by atoms with van der Waals surface area (Å²) in [5.41, 5.74) is 8.82. The lowest BCUT2D eigenvalue weighted by atomic mass is 9.94. The van der Waals surface area contributed by atoms with E-state index in [-0.39, 0.29) is 17.2 Å². The highest BCUT2D eigenvalue weighted by molar-refractivity contribution is 5.66. The third-order valence-corrected chi connectivity index (χ3v) is 5.86. The van der Waals surface area contributed by atoms with E-state index in [4.69, 9.17) is 5.73 Å². The molecule has 162 valence electrons. The molecule has 4 rings (SSSR count). The van der Waals surface area contributed by atoms with Crippen molar-refractivity contribution in [2.45, 2.75) is 32.2 Å². The van der Waals surface area contributed by atoms with Crippen molar-refractivity contribution in [1.29, 1.82) is 0 Å². The Balaban J connectivity index is 1.57. The van der Waals surface area contributed by atoms with E-state index in [1.165, 1.54) is 18.2 Å². The molecule has 2 aromatic carbocycles. The van der Waals surface area contributed by atoms with E-state index in [0.29, 0.717) is 18.8 Å². The highest BCUT2D eigenvalue weighted by atomic mass is 19.1. The first-order chi connectivity index (χ1) is 14.9. The number of aryl methyl sites for hydroxylation is 2. The van der Waals surface area contributed by atoms with Gasteiger partial charge in [-0.25, -0.2) is 13.2 Å². The molecule has 0 saturated carbocycles. The van der Waals surface area contributed by atoms with Crippen LogP contribution in [0.25, 0.3) is 11.1 Å². The molecular formula is C25H26F3N3. The number of aromatic nitrogens is 1. The second-order valence-corrected chi connectivity index (χ2v) is 8.42. The highest BCUT2D eigenvalue weighted by Gasteiger charge is 2.24. The Kier molecular flexibility index (Phi) is 6.28. The summed E-state index contributed by atoms with van der Waals surface area (Å²) in [4.78, 5) is 6.58. The molecule has 0 bridgehead atoms. The van der Waals surface area contributed by atoms with E-state index in [9.17, 15) is 13.2 Å². The average molecular weight is 425 g/mol.